The standard InChI is InChI=1S/C14H20OSi/c1-12(10-11-16(2,3)4)14(15)13-8-6-5-7-9-13/h5-9,12,14-15H,1-4H3/t12-,14-/m0/s1. The van der Waals surface area contributed by atoms with E-state index >= 15 is 0 Å². The number of rotatable bonds is 2. The second-order valence-corrected chi connectivity index (χ2v) is 9.91. The highest BCUT2D eigenvalue weighted by Gasteiger charge is 2.15. The van der Waals surface area contributed by atoms with E-state index in [0.29, 0.717) is 0 Å². The minimum Gasteiger partial charge on any atom is -0.387 e. The first-order chi connectivity index (χ1) is 7.40. The number of benzene rings is 1. The summed E-state index contributed by atoms with van der Waals surface area (Å²) in [5.41, 5.74) is 4.25. The third-order valence-electron chi connectivity index (χ3n) is 2.29. The molecule has 1 aromatic carbocycles. The Morgan fingerprint density at radius 1 is 1.12 bits per heavy atom. The van der Waals surface area contributed by atoms with Gasteiger partial charge in [0.25, 0.3) is 0 Å². The smallest absolute Gasteiger partial charge is 0.129 e. The van der Waals surface area contributed by atoms with Crippen LogP contribution in [0.15, 0.2) is 30.3 Å². The zero-order valence-electron chi connectivity index (χ0n) is 10.5. The van der Waals surface area contributed by atoms with E-state index in [1.807, 2.05) is 37.3 Å². The van der Waals surface area contributed by atoms with Crippen molar-refractivity contribution in [3.63, 3.8) is 0 Å². The normalized spacial score (nSPS) is 14.8. The molecule has 0 aliphatic carbocycles. The summed E-state index contributed by atoms with van der Waals surface area (Å²) >= 11 is 0. The van der Waals surface area contributed by atoms with E-state index in [4.69, 9.17) is 0 Å². The summed E-state index contributed by atoms with van der Waals surface area (Å²) in [5.74, 6) is 3.18. The third-order valence-corrected chi connectivity index (χ3v) is 3.18. The van der Waals surface area contributed by atoms with Gasteiger partial charge < -0.3 is 5.11 Å². The van der Waals surface area contributed by atoms with Gasteiger partial charge in [-0.3, -0.25) is 0 Å². The zero-order chi connectivity index (χ0) is 12.2. The summed E-state index contributed by atoms with van der Waals surface area (Å²) < 4.78 is 0. The number of aliphatic hydroxyl groups is 1. The highest BCUT2D eigenvalue weighted by Crippen LogP contribution is 2.20. The summed E-state index contributed by atoms with van der Waals surface area (Å²) in [6.45, 7) is 8.61. The number of aliphatic hydroxyl groups excluding tert-OH is 1. The monoisotopic (exact) mass is 232 g/mol. The van der Waals surface area contributed by atoms with Crippen LogP contribution in [0.2, 0.25) is 19.6 Å². The molecule has 0 bridgehead atoms. The number of hydrogen-bond donors (Lipinski definition) is 1. The molecule has 0 aliphatic rings. The lowest BCUT2D eigenvalue weighted by atomic mass is 9.98. The van der Waals surface area contributed by atoms with Gasteiger partial charge in [-0.2, -0.15) is 0 Å². The molecule has 0 aromatic heterocycles. The molecular weight excluding hydrogens is 212 g/mol. The van der Waals surface area contributed by atoms with E-state index in [0.717, 1.165) is 5.56 Å². The Balaban J connectivity index is 2.75. The maximum atomic E-state index is 10.1. The average Bonchev–Trinajstić information content (AvgIpc) is 2.25. The second kappa shape index (κ2) is 5.34. The van der Waals surface area contributed by atoms with Gasteiger partial charge in [0.05, 0.1) is 6.10 Å². The molecule has 1 N–H and O–H groups in total. The van der Waals surface area contributed by atoms with Crippen molar-refractivity contribution in [2.75, 3.05) is 0 Å². The van der Waals surface area contributed by atoms with E-state index < -0.39 is 14.2 Å². The topological polar surface area (TPSA) is 20.2 Å². The molecule has 1 rings (SSSR count). The minimum absolute atomic E-state index is 0.00544. The quantitative estimate of drug-likeness (QED) is 0.613. The van der Waals surface area contributed by atoms with E-state index in [1.165, 1.54) is 0 Å². The fourth-order valence-electron chi connectivity index (χ4n) is 1.35. The van der Waals surface area contributed by atoms with Gasteiger partial charge in [0.15, 0.2) is 0 Å². The highest BCUT2D eigenvalue weighted by molar-refractivity contribution is 6.83. The van der Waals surface area contributed by atoms with Crippen molar-refractivity contribution in [2.45, 2.75) is 32.7 Å². The summed E-state index contributed by atoms with van der Waals surface area (Å²) in [5, 5.41) is 10.1. The van der Waals surface area contributed by atoms with Crippen LogP contribution in [0.25, 0.3) is 0 Å². The predicted octanol–water partition coefficient (Wildman–Crippen LogP) is 3.24. The minimum atomic E-state index is -1.34. The van der Waals surface area contributed by atoms with Gasteiger partial charge in [-0.05, 0) is 12.5 Å². The van der Waals surface area contributed by atoms with Gasteiger partial charge in [-0.1, -0.05) is 50.0 Å². The Bertz CT molecular complexity index is 381. The Morgan fingerprint density at radius 3 is 2.19 bits per heavy atom. The molecule has 2 atom stereocenters. The van der Waals surface area contributed by atoms with Crippen LogP contribution in [0.3, 0.4) is 0 Å². The fraction of sp³-hybridized carbons (Fsp3) is 0.429. The molecule has 0 aliphatic heterocycles. The molecule has 1 aromatic rings. The largest absolute Gasteiger partial charge is 0.387 e. The Kier molecular flexibility index (Phi) is 4.34. The SMILES string of the molecule is C[C@@H](C#C[Si](C)(C)C)[C@H](O)c1ccccc1. The van der Waals surface area contributed by atoms with E-state index in [9.17, 15) is 5.11 Å². The van der Waals surface area contributed by atoms with Gasteiger partial charge in [0.2, 0.25) is 0 Å². The zero-order valence-corrected chi connectivity index (χ0v) is 11.5. The second-order valence-electron chi connectivity index (χ2n) is 5.16. The van der Waals surface area contributed by atoms with Crippen molar-refractivity contribution in [1.29, 1.82) is 0 Å². The van der Waals surface area contributed by atoms with Crippen molar-refractivity contribution >= 4 is 8.07 Å². The Morgan fingerprint density at radius 2 is 1.69 bits per heavy atom. The van der Waals surface area contributed by atoms with Crippen LogP contribution in [-0.2, 0) is 0 Å². The summed E-state index contributed by atoms with van der Waals surface area (Å²) in [7, 11) is -1.34. The van der Waals surface area contributed by atoms with Gasteiger partial charge in [-0.15, -0.1) is 11.5 Å². The molecular formula is C14H20OSi. The van der Waals surface area contributed by atoms with Gasteiger partial charge in [0.1, 0.15) is 8.07 Å². The molecule has 0 heterocycles. The van der Waals surface area contributed by atoms with Crippen molar-refractivity contribution in [3.8, 4) is 11.5 Å². The van der Waals surface area contributed by atoms with E-state index in [2.05, 4.69) is 31.1 Å². The predicted molar refractivity (Wildman–Crippen MR) is 71.7 cm³/mol. The molecule has 1 nitrogen and oxygen atoms in total. The third kappa shape index (κ3) is 4.22. The maximum Gasteiger partial charge on any atom is 0.129 e. The molecule has 0 spiro atoms. The first-order valence-corrected chi connectivity index (χ1v) is 9.16. The highest BCUT2D eigenvalue weighted by atomic mass is 28.3. The molecule has 0 saturated heterocycles. The summed E-state index contributed by atoms with van der Waals surface area (Å²) in [4.78, 5) is 0. The van der Waals surface area contributed by atoms with Crippen LogP contribution in [0, 0.1) is 17.4 Å². The van der Waals surface area contributed by atoms with E-state index in [1.54, 1.807) is 0 Å². The summed E-state index contributed by atoms with van der Waals surface area (Å²) in [6.07, 6.45) is -0.481. The van der Waals surface area contributed by atoms with Crippen molar-refractivity contribution in [1.82, 2.24) is 0 Å². The van der Waals surface area contributed by atoms with Crippen LogP contribution in [-0.4, -0.2) is 13.2 Å². The van der Waals surface area contributed by atoms with Crippen molar-refractivity contribution < 1.29 is 5.11 Å². The van der Waals surface area contributed by atoms with Gasteiger partial charge in [-0.25, -0.2) is 0 Å². The van der Waals surface area contributed by atoms with Crippen molar-refractivity contribution in [2.24, 2.45) is 5.92 Å². The molecule has 0 unspecified atom stereocenters. The molecule has 86 valence electrons. The molecule has 0 fully saturated rings. The van der Waals surface area contributed by atoms with E-state index in [-0.39, 0.29) is 5.92 Å². The average molecular weight is 232 g/mol. The van der Waals surface area contributed by atoms with Gasteiger partial charge >= 0.3 is 0 Å². The van der Waals surface area contributed by atoms with Crippen LogP contribution in [0.5, 0.6) is 0 Å². The van der Waals surface area contributed by atoms with Crippen LogP contribution in [0.4, 0.5) is 0 Å². The van der Waals surface area contributed by atoms with Crippen LogP contribution < -0.4 is 0 Å². The molecule has 16 heavy (non-hydrogen) atoms. The van der Waals surface area contributed by atoms with Crippen LogP contribution >= 0.6 is 0 Å². The lowest BCUT2D eigenvalue weighted by Crippen LogP contribution is -2.17. The van der Waals surface area contributed by atoms with Gasteiger partial charge in [0, 0.05) is 5.92 Å². The first-order valence-electron chi connectivity index (χ1n) is 5.66. The molecule has 0 radical (unpaired) electrons. The lowest BCUT2D eigenvalue weighted by Gasteiger charge is -2.14. The molecule has 0 amide bonds. The van der Waals surface area contributed by atoms with Crippen LogP contribution in [0.1, 0.15) is 18.6 Å². The Hall–Kier alpha value is -1.04. The van der Waals surface area contributed by atoms with Crippen molar-refractivity contribution in [3.05, 3.63) is 35.9 Å². The fourth-order valence-corrected chi connectivity index (χ4v) is 2.01. The lowest BCUT2D eigenvalue weighted by molar-refractivity contribution is 0.143. The molecule has 0 saturated carbocycles. The Labute approximate surface area is 99.5 Å². The maximum absolute atomic E-state index is 10.1. The number of hydrogen-bond acceptors (Lipinski definition) is 1. The first kappa shape index (κ1) is 13.0. The summed E-state index contributed by atoms with van der Waals surface area (Å²) in [6, 6.07) is 9.72. The molecule has 2 heteroatoms.